The summed E-state index contributed by atoms with van der Waals surface area (Å²) in [6.45, 7) is 3.54. The molecule has 4 nitrogen and oxygen atoms in total. The molecule has 1 aromatic rings. The molecule has 0 saturated carbocycles. The molecule has 0 radical (unpaired) electrons. The van der Waals surface area contributed by atoms with Crippen molar-refractivity contribution in [1.82, 2.24) is 0 Å². The molecule has 1 rings (SSSR count). The van der Waals surface area contributed by atoms with E-state index in [9.17, 15) is 9.59 Å². The lowest BCUT2D eigenvalue weighted by atomic mass is 10.1. The first-order valence-electron chi connectivity index (χ1n) is 5.25. The van der Waals surface area contributed by atoms with Crippen LogP contribution >= 0.6 is 15.9 Å². The van der Waals surface area contributed by atoms with Crippen LogP contribution < -0.4 is 11.1 Å². The molecule has 0 spiro atoms. The van der Waals surface area contributed by atoms with E-state index in [4.69, 9.17) is 5.73 Å². The first kappa shape index (κ1) is 13.7. The van der Waals surface area contributed by atoms with Crippen molar-refractivity contribution >= 4 is 33.4 Å². The van der Waals surface area contributed by atoms with Crippen LogP contribution in [-0.2, 0) is 9.59 Å². The zero-order valence-electron chi connectivity index (χ0n) is 9.79. The third-order valence-electron chi connectivity index (χ3n) is 2.44. The molecular formula is C12H15BrN2O2. The van der Waals surface area contributed by atoms with Gasteiger partial charge in [0.1, 0.15) is 0 Å². The zero-order chi connectivity index (χ0) is 13.0. The van der Waals surface area contributed by atoms with Gasteiger partial charge >= 0.3 is 0 Å². The fourth-order valence-electron chi connectivity index (χ4n) is 1.35. The van der Waals surface area contributed by atoms with Crippen LogP contribution in [-0.4, -0.2) is 11.8 Å². The zero-order valence-corrected chi connectivity index (χ0v) is 11.4. The van der Waals surface area contributed by atoms with Crippen LogP contribution in [0.1, 0.15) is 18.9 Å². The molecule has 0 saturated heterocycles. The fourth-order valence-corrected chi connectivity index (χ4v) is 1.82. The Labute approximate surface area is 109 Å². The van der Waals surface area contributed by atoms with Crippen molar-refractivity contribution in [2.45, 2.75) is 20.3 Å². The van der Waals surface area contributed by atoms with Crippen molar-refractivity contribution in [2.24, 2.45) is 11.7 Å². The van der Waals surface area contributed by atoms with Gasteiger partial charge in [0.25, 0.3) is 0 Å². The number of benzene rings is 1. The molecule has 2 amide bonds. The maximum Gasteiger partial charge on any atom is 0.225 e. The van der Waals surface area contributed by atoms with Crippen LogP contribution in [0.2, 0.25) is 0 Å². The Morgan fingerprint density at radius 2 is 2.12 bits per heavy atom. The molecule has 92 valence electrons. The number of primary amides is 1. The van der Waals surface area contributed by atoms with Crippen LogP contribution in [0.5, 0.6) is 0 Å². The smallest absolute Gasteiger partial charge is 0.225 e. The first-order valence-corrected chi connectivity index (χ1v) is 6.04. The number of halogens is 1. The quantitative estimate of drug-likeness (QED) is 0.894. The summed E-state index contributed by atoms with van der Waals surface area (Å²) in [6.07, 6.45) is 0.102. The van der Waals surface area contributed by atoms with E-state index in [1.54, 1.807) is 6.92 Å². The number of carbonyl (C=O) groups excluding carboxylic acids is 2. The molecule has 0 aliphatic heterocycles. The van der Waals surface area contributed by atoms with E-state index in [0.717, 1.165) is 15.7 Å². The number of hydrogen-bond donors (Lipinski definition) is 2. The van der Waals surface area contributed by atoms with Crippen LogP contribution in [0, 0.1) is 12.8 Å². The number of hydrogen-bond acceptors (Lipinski definition) is 2. The van der Waals surface area contributed by atoms with Crippen molar-refractivity contribution < 1.29 is 9.59 Å². The summed E-state index contributed by atoms with van der Waals surface area (Å²) in [7, 11) is 0. The summed E-state index contributed by atoms with van der Waals surface area (Å²) in [6, 6.07) is 5.57. The summed E-state index contributed by atoms with van der Waals surface area (Å²) in [5, 5.41) is 2.76. The van der Waals surface area contributed by atoms with Crippen LogP contribution in [0.3, 0.4) is 0 Å². The molecular weight excluding hydrogens is 284 g/mol. The van der Waals surface area contributed by atoms with Crippen molar-refractivity contribution in [1.29, 1.82) is 0 Å². The molecule has 0 aliphatic rings. The van der Waals surface area contributed by atoms with Gasteiger partial charge in [-0.2, -0.15) is 0 Å². The second kappa shape index (κ2) is 5.82. The highest BCUT2D eigenvalue weighted by Gasteiger charge is 2.14. The minimum atomic E-state index is -0.465. The van der Waals surface area contributed by atoms with Gasteiger partial charge in [0, 0.05) is 22.5 Å². The maximum absolute atomic E-state index is 11.6. The monoisotopic (exact) mass is 298 g/mol. The third-order valence-corrected chi connectivity index (χ3v) is 2.93. The molecule has 3 N–H and O–H groups in total. The Morgan fingerprint density at radius 1 is 1.47 bits per heavy atom. The number of amides is 2. The van der Waals surface area contributed by atoms with Gasteiger partial charge in [-0.05, 0) is 30.7 Å². The normalized spacial score (nSPS) is 11.9. The van der Waals surface area contributed by atoms with Gasteiger partial charge in [0.05, 0.1) is 0 Å². The highest BCUT2D eigenvalue weighted by atomic mass is 79.9. The molecule has 1 aromatic carbocycles. The summed E-state index contributed by atoms with van der Waals surface area (Å²) >= 11 is 3.35. The van der Waals surface area contributed by atoms with Gasteiger partial charge in [-0.25, -0.2) is 0 Å². The minimum Gasteiger partial charge on any atom is -0.369 e. The number of anilines is 1. The van der Waals surface area contributed by atoms with E-state index in [0.29, 0.717) is 0 Å². The van der Waals surface area contributed by atoms with Crippen molar-refractivity contribution in [3.05, 3.63) is 28.2 Å². The van der Waals surface area contributed by atoms with Gasteiger partial charge in [-0.3, -0.25) is 9.59 Å². The number of rotatable bonds is 4. The number of carbonyl (C=O) groups is 2. The van der Waals surface area contributed by atoms with Gasteiger partial charge in [-0.15, -0.1) is 0 Å². The molecule has 1 unspecified atom stereocenters. The number of nitrogens with two attached hydrogens (primary N) is 1. The standard InChI is InChI=1S/C12H15BrN2O2/c1-7-5-9(13)3-4-10(7)15-11(16)6-8(2)12(14)17/h3-5,8H,6H2,1-2H3,(H2,14,17)(H,15,16). The SMILES string of the molecule is Cc1cc(Br)ccc1NC(=O)CC(C)C(N)=O. The van der Waals surface area contributed by atoms with Crippen LogP contribution in [0.25, 0.3) is 0 Å². The Kier molecular flexibility index (Phi) is 4.69. The second-order valence-corrected chi connectivity index (χ2v) is 4.93. The predicted molar refractivity (Wildman–Crippen MR) is 70.5 cm³/mol. The lowest BCUT2D eigenvalue weighted by Crippen LogP contribution is -2.25. The summed E-state index contributed by atoms with van der Waals surface area (Å²) in [5.74, 6) is -1.12. The van der Waals surface area contributed by atoms with Crippen LogP contribution in [0.15, 0.2) is 22.7 Å². The Balaban J connectivity index is 2.65. The molecule has 17 heavy (non-hydrogen) atoms. The van der Waals surface area contributed by atoms with E-state index in [1.165, 1.54) is 0 Å². The van der Waals surface area contributed by atoms with E-state index < -0.39 is 11.8 Å². The van der Waals surface area contributed by atoms with Gasteiger partial charge in [-0.1, -0.05) is 22.9 Å². The van der Waals surface area contributed by atoms with E-state index in [-0.39, 0.29) is 12.3 Å². The lowest BCUT2D eigenvalue weighted by molar-refractivity contribution is -0.125. The largest absolute Gasteiger partial charge is 0.369 e. The highest BCUT2D eigenvalue weighted by molar-refractivity contribution is 9.10. The molecule has 0 aromatic heterocycles. The summed E-state index contributed by atoms with van der Waals surface area (Å²) in [5.41, 5.74) is 6.81. The molecule has 0 fully saturated rings. The lowest BCUT2D eigenvalue weighted by Gasteiger charge is -2.10. The van der Waals surface area contributed by atoms with E-state index >= 15 is 0 Å². The molecule has 0 bridgehead atoms. The number of nitrogens with one attached hydrogen (secondary N) is 1. The topological polar surface area (TPSA) is 72.2 Å². The predicted octanol–water partition coefficient (Wildman–Crippen LogP) is 2.21. The van der Waals surface area contributed by atoms with Crippen molar-refractivity contribution in [2.75, 3.05) is 5.32 Å². The Bertz CT molecular complexity index is 446. The van der Waals surface area contributed by atoms with Gasteiger partial charge in [0.15, 0.2) is 0 Å². The average molecular weight is 299 g/mol. The Morgan fingerprint density at radius 3 is 2.65 bits per heavy atom. The average Bonchev–Trinajstić information content (AvgIpc) is 2.22. The summed E-state index contributed by atoms with van der Waals surface area (Å²) in [4.78, 5) is 22.5. The summed E-state index contributed by atoms with van der Waals surface area (Å²) < 4.78 is 0.957. The van der Waals surface area contributed by atoms with E-state index in [2.05, 4.69) is 21.2 Å². The molecule has 1 atom stereocenters. The number of aryl methyl sites for hydroxylation is 1. The first-order chi connectivity index (χ1) is 7.90. The minimum absolute atomic E-state index is 0.102. The molecule has 0 aliphatic carbocycles. The Hall–Kier alpha value is -1.36. The van der Waals surface area contributed by atoms with Crippen LogP contribution in [0.4, 0.5) is 5.69 Å². The second-order valence-electron chi connectivity index (χ2n) is 4.01. The van der Waals surface area contributed by atoms with Crippen molar-refractivity contribution in [3.63, 3.8) is 0 Å². The molecule has 5 heteroatoms. The van der Waals surface area contributed by atoms with Gasteiger partial charge in [0.2, 0.25) is 11.8 Å². The fraction of sp³-hybridized carbons (Fsp3) is 0.333. The van der Waals surface area contributed by atoms with Gasteiger partial charge < -0.3 is 11.1 Å². The van der Waals surface area contributed by atoms with E-state index in [1.807, 2.05) is 25.1 Å². The maximum atomic E-state index is 11.6. The third kappa shape index (κ3) is 4.19. The molecule has 0 heterocycles. The highest BCUT2D eigenvalue weighted by Crippen LogP contribution is 2.20. The van der Waals surface area contributed by atoms with Crippen molar-refractivity contribution in [3.8, 4) is 0 Å².